The van der Waals surface area contributed by atoms with E-state index < -0.39 is 0 Å². The summed E-state index contributed by atoms with van der Waals surface area (Å²) in [6.45, 7) is 0.597. The zero-order valence-electron chi connectivity index (χ0n) is 7.37. The first-order valence-electron chi connectivity index (χ1n) is 4.30. The summed E-state index contributed by atoms with van der Waals surface area (Å²) in [6, 6.07) is 5.64. The van der Waals surface area contributed by atoms with Crippen molar-refractivity contribution in [2.24, 2.45) is 4.99 Å². The molecule has 4 heteroatoms. The predicted molar refractivity (Wildman–Crippen MR) is 55.1 cm³/mol. The van der Waals surface area contributed by atoms with E-state index >= 15 is 0 Å². The molecule has 0 bridgehead atoms. The molecule has 1 unspecified atom stereocenters. The average molecular weight is 254 g/mol. The van der Waals surface area contributed by atoms with Gasteiger partial charge in [-0.3, -0.25) is 0 Å². The fourth-order valence-electron chi connectivity index (χ4n) is 1.54. The first-order chi connectivity index (χ1) is 6.81. The molecule has 1 heterocycles. The highest BCUT2D eigenvalue weighted by Crippen LogP contribution is 2.35. The lowest BCUT2D eigenvalue weighted by atomic mass is 10.0. The lowest BCUT2D eigenvalue weighted by Crippen LogP contribution is -2.12. The molecule has 0 radical (unpaired) electrons. The minimum atomic E-state index is -0.0932. The van der Waals surface area contributed by atoms with Crippen LogP contribution < -0.4 is 4.74 Å². The molecule has 0 aromatic heterocycles. The van der Waals surface area contributed by atoms with Gasteiger partial charge in [-0.15, -0.1) is 0 Å². The molecule has 1 aromatic carbocycles. The van der Waals surface area contributed by atoms with Crippen molar-refractivity contribution in [2.75, 3.05) is 6.61 Å². The summed E-state index contributed by atoms with van der Waals surface area (Å²) >= 11 is 3.36. The molecule has 14 heavy (non-hydrogen) atoms. The maximum absolute atomic E-state index is 10.2. The molecule has 0 fully saturated rings. The second-order valence-corrected chi connectivity index (χ2v) is 3.97. The first-order valence-corrected chi connectivity index (χ1v) is 5.10. The van der Waals surface area contributed by atoms with Gasteiger partial charge in [-0.1, -0.05) is 22.0 Å². The molecule has 1 aliphatic heterocycles. The number of nitrogens with zero attached hydrogens (tertiary/aromatic N) is 1. The average Bonchev–Trinajstić information content (AvgIpc) is 2.18. The van der Waals surface area contributed by atoms with Gasteiger partial charge in [0.1, 0.15) is 5.75 Å². The van der Waals surface area contributed by atoms with Gasteiger partial charge >= 0.3 is 0 Å². The number of halogens is 1. The summed E-state index contributed by atoms with van der Waals surface area (Å²) in [5, 5.41) is 0. The molecule has 72 valence electrons. The fraction of sp³-hybridized carbons (Fsp3) is 0.300. The minimum Gasteiger partial charge on any atom is -0.493 e. The Kier molecular flexibility index (Phi) is 2.66. The maximum atomic E-state index is 10.2. The summed E-state index contributed by atoms with van der Waals surface area (Å²) in [4.78, 5) is 14.0. The minimum absolute atomic E-state index is 0.0932. The Hall–Kier alpha value is -1.12. The second-order valence-electron chi connectivity index (χ2n) is 3.06. The summed E-state index contributed by atoms with van der Waals surface area (Å²) in [5.74, 6) is 0.801. The number of hydrogen-bond donors (Lipinski definition) is 0. The van der Waals surface area contributed by atoms with Crippen LogP contribution in [-0.2, 0) is 4.79 Å². The number of isocyanates is 1. The van der Waals surface area contributed by atoms with Crippen LogP contribution in [0.5, 0.6) is 5.75 Å². The van der Waals surface area contributed by atoms with Crippen LogP contribution in [-0.4, -0.2) is 12.7 Å². The van der Waals surface area contributed by atoms with Gasteiger partial charge in [0, 0.05) is 16.5 Å². The van der Waals surface area contributed by atoms with E-state index in [1.54, 1.807) is 6.08 Å². The molecule has 2 rings (SSSR count). The zero-order valence-corrected chi connectivity index (χ0v) is 8.95. The van der Waals surface area contributed by atoms with Crippen LogP contribution >= 0.6 is 15.9 Å². The molecule has 1 aliphatic rings. The van der Waals surface area contributed by atoms with E-state index in [2.05, 4.69) is 20.9 Å². The van der Waals surface area contributed by atoms with Gasteiger partial charge in [0.05, 0.1) is 12.6 Å². The van der Waals surface area contributed by atoms with E-state index in [4.69, 9.17) is 4.74 Å². The van der Waals surface area contributed by atoms with Crippen molar-refractivity contribution in [3.8, 4) is 5.75 Å². The molecule has 0 amide bonds. The van der Waals surface area contributed by atoms with Gasteiger partial charge in [0.2, 0.25) is 6.08 Å². The Bertz CT molecular complexity index is 399. The lowest BCUT2D eigenvalue weighted by Gasteiger charge is -2.21. The molecule has 0 saturated heterocycles. The highest BCUT2D eigenvalue weighted by atomic mass is 79.9. The second kappa shape index (κ2) is 3.95. The van der Waals surface area contributed by atoms with E-state index in [1.165, 1.54) is 0 Å². The number of aliphatic imine (C=N–C) groups is 1. The molecular weight excluding hydrogens is 246 g/mol. The van der Waals surface area contributed by atoms with Crippen LogP contribution in [0, 0.1) is 0 Å². The Balaban J connectivity index is 2.44. The molecule has 0 saturated carbocycles. The zero-order chi connectivity index (χ0) is 9.97. The van der Waals surface area contributed by atoms with E-state index in [0.29, 0.717) is 6.61 Å². The highest BCUT2D eigenvalue weighted by Gasteiger charge is 2.20. The van der Waals surface area contributed by atoms with Crippen molar-refractivity contribution in [2.45, 2.75) is 12.5 Å². The monoisotopic (exact) mass is 253 g/mol. The molecule has 0 N–H and O–H groups in total. The molecule has 1 aromatic rings. The van der Waals surface area contributed by atoms with Crippen LogP contribution in [0.1, 0.15) is 18.0 Å². The molecule has 1 atom stereocenters. The molecular formula is C10H8BrNO2. The van der Waals surface area contributed by atoms with Crippen LogP contribution in [0.2, 0.25) is 0 Å². The Morgan fingerprint density at radius 1 is 1.57 bits per heavy atom. The third-order valence-electron chi connectivity index (χ3n) is 2.19. The van der Waals surface area contributed by atoms with E-state index in [1.807, 2.05) is 18.2 Å². The summed E-state index contributed by atoms with van der Waals surface area (Å²) in [7, 11) is 0. The van der Waals surface area contributed by atoms with Crippen molar-refractivity contribution < 1.29 is 9.53 Å². The van der Waals surface area contributed by atoms with Crippen LogP contribution in [0.4, 0.5) is 0 Å². The predicted octanol–water partition coefficient (Wildman–Crippen LogP) is 2.61. The van der Waals surface area contributed by atoms with Gasteiger partial charge in [0.15, 0.2) is 0 Å². The van der Waals surface area contributed by atoms with Crippen LogP contribution in [0.25, 0.3) is 0 Å². The number of hydrogen-bond acceptors (Lipinski definition) is 3. The maximum Gasteiger partial charge on any atom is 0.235 e. The van der Waals surface area contributed by atoms with Crippen molar-refractivity contribution >= 4 is 22.0 Å². The first kappa shape index (κ1) is 9.44. The third kappa shape index (κ3) is 1.72. The van der Waals surface area contributed by atoms with Gasteiger partial charge in [0.25, 0.3) is 0 Å². The van der Waals surface area contributed by atoms with E-state index in [9.17, 15) is 4.79 Å². The fourth-order valence-corrected chi connectivity index (χ4v) is 1.88. The van der Waals surface area contributed by atoms with Gasteiger partial charge < -0.3 is 4.74 Å². The van der Waals surface area contributed by atoms with E-state index in [-0.39, 0.29) is 6.04 Å². The third-order valence-corrected chi connectivity index (χ3v) is 2.69. The highest BCUT2D eigenvalue weighted by molar-refractivity contribution is 9.10. The van der Waals surface area contributed by atoms with Crippen LogP contribution in [0.15, 0.2) is 27.7 Å². The largest absolute Gasteiger partial charge is 0.493 e. The Labute approximate surface area is 89.9 Å². The van der Waals surface area contributed by atoms with E-state index in [0.717, 1.165) is 22.2 Å². The molecule has 0 aliphatic carbocycles. The normalized spacial score (nSPS) is 19.1. The number of benzene rings is 1. The smallest absolute Gasteiger partial charge is 0.235 e. The van der Waals surface area contributed by atoms with Crippen LogP contribution in [0.3, 0.4) is 0 Å². The summed E-state index contributed by atoms with van der Waals surface area (Å²) in [5.41, 5.74) is 0.961. The van der Waals surface area contributed by atoms with Crippen molar-refractivity contribution in [1.29, 1.82) is 0 Å². The number of rotatable bonds is 1. The number of fused-ring (bicyclic) bond motifs is 1. The molecule has 0 spiro atoms. The van der Waals surface area contributed by atoms with Gasteiger partial charge in [-0.25, -0.2) is 4.79 Å². The summed E-state index contributed by atoms with van der Waals surface area (Å²) < 4.78 is 6.43. The SMILES string of the molecule is O=C=NC1CCOc2cc(Br)ccc21. The topological polar surface area (TPSA) is 38.7 Å². The Morgan fingerprint density at radius 2 is 2.43 bits per heavy atom. The van der Waals surface area contributed by atoms with Crippen molar-refractivity contribution in [1.82, 2.24) is 0 Å². The van der Waals surface area contributed by atoms with Gasteiger partial charge in [-0.05, 0) is 12.1 Å². The standard InChI is InChI=1S/C10H8BrNO2/c11-7-1-2-8-9(12-6-13)3-4-14-10(8)5-7/h1-2,5,9H,3-4H2. The van der Waals surface area contributed by atoms with Crippen molar-refractivity contribution in [3.63, 3.8) is 0 Å². The lowest BCUT2D eigenvalue weighted by molar-refractivity contribution is 0.269. The Morgan fingerprint density at radius 3 is 3.21 bits per heavy atom. The van der Waals surface area contributed by atoms with Gasteiger partial charge in [-0.2, -0.15) is 4.99 Å². The molecule has 3 nitrogen and oxygen atoms in total. The number of ether oxygens (including phenoxy) is 1. The quantitative estimate of drug-likeness (QED) is 0.570. The van der Waals surface area contributed by atoms with Crippen molar-refractivity contribution in [3.05, 3.63) is 28.2 Å². The number of carbonyl (C=O) groups excluding carboxylic acids is 1. The summed E-state index contributed by atoms with van der Waals surface area (Å²) in [6.07, 6.45) is 2.34.